The topological polar surface area (TPSA) is 58.8 Å². The van der Waals surface area contributed by atoms with Gasteiger partial charge in [-0.05, 0) is 44.7 Å². The zero-order chi connectivity index (χ0) is 16.0. The zero-order valence-electron chi connectivity index (χ0n) is 15.2. The third-order valence-electron chi connectivity index (χ3n) is 5.61. The fraction of sp³-hybridized carbons (Fsp3) is 0.941. The molecule has 5 nitrogen and oxygen atoms in total. The average molecular weight is 384 g/mol. The number of ether oxygens (including phenoxy) is 1. The highest BCUT2D eigenvalue weighted by molar-refractivity contribution is 5.85. The van der Waals surface area contributed by atoms with Gasteiger partial charge in [-0.2, -0.15) is 0 Å². The molecular weight excluding hydrogens is 349 g/mol. The molecule has 2 saturated heterocycles. The zero-order valence-corrected chi connectivity index (χ0v) is 16.8. The van der Waals surface area contributed by atoms with Crippen LogP contribution in [0.15, 0.2) is 0 Å². The Balaban J connectivity index is 0.00000264. The molecule has 1 amide bonds. The van der Waals surface area contributed by atoms with Crippen molar-refractivity contribution < 1.29 is 9.53 Å². The molecule has 7 heteroatoms. The standard InChI is InChI=1S/C17H33N3O2.2ClH/c1-3-19(4-2)13-15-5-9-20(10-6-15)16(21)17(14-18)7-11-22-12-8-17;;/h15H,3-14,18H2,1-2H3;2*1H. The molecule has 2 fully saturated rings. The van der Waals surface area contributed by atoms with Gasteiger partial charge in [0.2, 0.25) is 5.91 Å². The van der Waals surface area contributed by atoms with E-state index in [1.165, 1.54) is 6.54 Å². The Hall–Kier alpha value is -0.0700. The van der Waals surface area contributed by atoms with Gasteiger partial charge in [-0.15, -0.1) is 24.8 Å². The van der Waals surface area contributed by atoms with Crippen molar-refractivity contribution in [3.05, 3.63) is 0 Å². The molecule has 0 bridgehead atoms. The largest absolute Gasteiger partial charge is 0.381 e. The molecule has 2 N–H and O–H groups in total. The first-order chi connectivity index (χ1) is 10.6. The number of nitrogens with zero attached hydrogens (tertiary/aromatic N) is 2. The van der Waals surface area contributed by atoms with Crippen LogP contribution in [0.4, 0.5) is 0 Å². The first-order valence-electron chi connectivity index (χ1n) is 8.94. The summed E-state index contributed by atoms with van der Waals surface area (Å²) in [6.45, 7) is 11.4. The van der Waals surface area contributed by atoms with E-state index in [4.69, 9.17) is 10.5 Å². The summed E-state index contributed by atoms with van der Waals surface area (Å²) in [5, 5.41) is 0. The van der Waals surface area contributed by atoms with Crippen molar-refractivity contribution in [3.63, 3.8) is 0 Å². The van der Waals surface area contributed by atoms with E-state index >= 15 is 0 Å². The fourth-order valence-electron chi connectivity index (χ4n) is 3.77. The molecule has 2 rings (SSSR count). The number of nitrogens with two attached hydrogens (primary N) is 1. The number of likely N-dealkylation sites (tertiary alicyclic amines) is 1. The summed E-state index contributed by atoms with van der Waals surface area (Å²) >= 11 is 0. The smallest absolute Gasteiger partial charge is 0.230 e. The maximum atomic E-state index is 12.9. The summed E-state index contributed by atoms with van der Waals surface area (Å²) in [5.41, 5.74) is 5.61. The van der Waals surface area contributed by atoms with Crippen LogP contribution in [0.3, 0.4) is 0 Å². The lowest BCUT2D eigenvalue weighted by Gasteiger charge is -2.42. The molecule has 2 aliphatic heterocycles. The van der Waals surface area contributed by atoms with Gasteiger partial charge in [-0.3, -0.25) is 4.79 Å². The fourth-order valence-corrected chi connectivity index (χ4v) is 3.77. The third-order valence-corrected chi connectivity index (χ3v) is 5.61. The van der Waals surface area contributed by atoms with Crippen LogP contribution in [0.5, 0.6) is 0 Å². The first-order valence-corrected chi connectivity index (χ1v) is 8.94. The lowest BCUT2D eigenvalue weighted by atomic mass is 9.78. The van der Waals surface area contributed by atoms with Gasteiger partial charge in [0.05, 0.1) is 5.41 Å². The van der Waals surface area contributed by atoms with Crippen LogP contribution < -0.4 is 5.73 Å². The molecule has 24 heavy (non-hydrogen) atoms. The van der Waals surface area contributed by atoms with Crippen LogP contribution in [0.2, 0.25) is 0 Å². The van der Waals surface area contributed by atoms with Gasteiger partial charge < -0.3 is 20.3 Å². The van der Waals surface area contributed by atoms with Crippen LogP contribution >= 0.6 is 24.8 Å². The Morgan fingerprint density at radius 3 is 2.17 bits per heavy atom. The van der Waals surface area contributed by atoms with Gasteiger partial charge in [0, 0.05) is 39.4 Å². The molecule has 0 unspecified atom stereocenters. The van der Waals surface area contributed by atoms with Gasteiger partial charge in [-0.1, -0.05) is 13.8 Å². The number of amides is 1. The molecular formula is C17H35Cl2N3O2. The molecule has 0 aromatic rings. The molecule has 0 aromatic carbocycles. The summed E-state index contributed by atoms with van der Waals surface area (Å²) in [4.78, 5) is 17.5. The quantitative estimate of drug-likeness (QED) is 0.763. The van der Waals surface area contributed by atoms with Crippen molar-refractivity contribution in [2.45, 2.75) is 39.5 Å². The van der Waals surface area contributed by atoms with Crippen LogP contribution in [0.25, 0.3) is 0 Å². The van der Waals surface area contributed by atoms with Crippen molar-refractivity contribution in [2.75, 3.05) is 52.5 Å². The Bertz CT molecular complexity index is 354. The molecule has 0 atom stereocenters. The minimum atomic E-state index is -0.357. The normalized spacial score (nSPS) is 21.1. The van der Waals surface area contributed by atoms with Crippen molar-refractivity contribution in [1.82, 2.24) is 9.80 Å². The molecule has 0 aromatic heterocycles. The predicted molar refractivity (Wildman–Crippen MR) is 103 cm³/mol. The lowest BCUT2D eigenvalue weighted by Crippen LogP contribution is -2.53. The van der Waals surface area contributed by atoms with E-state index in [9.17, 15) is 4.79 Å². The second-order valence-corrected chi connectivity index (χ2v) is 6.82. The van der Waals surface area contributed by atoms with Gasteiger partial charge in [0.25, 0.3) is 0 Å². The molecule has 2 heterocycles. The van der Waals surface area contributed by atoms with Crippen LogP contribution in [-0.4, -0.2) is 68.2 Å². The summed E-state index contributed by atoms with van der Waals surface area (Å²) in [7, 11) is 0. The molecule has 0 spiro atoms. The third kappa shape index (κ3) is 5.73. The number of halogens is 2. The summed E-state index contributed by atoms with van der Waals surface area (Å²) < 4.78 is 5.42. The number of rotatable bonds is 6. The minimum absolute atomic E-state index is 0. The van der Waals surface area contributed by atoms with Gasteiger partial charge in [0.1, 0.15) is 0 Å². The average Bonchev–Trinajstić information content (AvgIpc) is 2.60. The van der Waals surface area contributed by atoms with Crippen LogP contribution in [0, 0.1) is 11.3 Å². The molecule has 0 aliphatic carbocycles. The van der Waals surface area contributed by atoms with Gasteiger partial charge >= 0.3 is 0 Å². The number of carbonyl (C=O) groups excluding carboxylic acids is 1. The van der Waals surface area contributed by atoms with E-state index in [-0.39, 0.29) is 36.1 Å². The van der Waals surface area contributed by atoms with Crippen molar-refractivity contribution in [2.24, 2.45) is 17.1 Å². The first kappa shape index (κ1) is 23.9. The molecule has 2 aliphatic rings. The summed E-state index contributed by atoms with van der Waals surface area (Å²) in [5.74, 6) is 1.01. The molecule has 144 valence electrons. The second-order valence-electron chi connectivity index (χ2n) is 6.82. The van der Waals surface area contributed by atoms with Crippen molar-refractivity contribution in [1.29, 1.82) is 0 Å². The van der Waals surface area contributed by atoms with Crippen molar-refractivity contribution in [3.8, 4) is 0 Å². The predicted octanol–water partition coefficient (Wildman–Crippen LogP) is 2.17. The van der Waals surface area contributed by atoms with E-state index in [1.54, 1.807) is 0 Å². The van der Waals surface area contributed by atoms with Gasteiger partial charge in [0.15, 0.2) is 0 Å². The maximum Gasteiger partial charge on any atom is 0.230 e. The van der Waals surface area contributed by atoms with E-state index in [1.807, 2.05) is 0 Å². The number of hydrogen-bond donors (Lipinski definition) is 1. The second kappa shape index (κ2) is 11.5. The lowest BCUT2D eigenvalue weighted by molar-refractivity contribution is -0.148. The Labute approximate surface area is 159 Å². The Morgan fingerprint density at radius 1 is 1.17 bits per heavy atom. The highest BCUT2D eigenvalue weighted by Crippen LogP contribution is 2.33. The van der Waals surface area contributed by atoms with Crippen LogP contribution in [0.1, 0.15) is 39.5 Å². The highest BCUT2D eigenvalue weighted by atomic mass is 35.5. The summed E-state index contributed by atoms with van der Waals surface area (Å²) in [6, 6.07) is 0. The van der Waals surface area contributed by atoms with Gasteiger partial charge in [-0.25, -0.2) is 0 Å². The summed E-state index contributed by atoms with van der Waals surface area (Å²) in [6.07, 6.45) is 3.81. The maximum absolute atomic E-state index is 12.9. The number of carbonyl (C=O) groups is 1. The highest BCUT2D eigenvalue weighted by Gasteiger charge is 2.42. The molecule has 0 radical (unpaired) electrons. The van der Waals surface area contributed by atoms with E-state index < -0.39 is 0 Å². The minimum Gasteiger partial charge on any atom is -0.381 e. The number of piperidine rings is 1. The molecule has 0 saturated carbocycles. The van der Waals surface area contributed by atoms with E-state index in [0.29, 0.717) is 19.8 Å². The Kier molecular flexibility index (Phi) is 11.5. The monoisotopic (exact) mass is 383 g/mol. The van der Waals surface area contributed by atoms with Crippen LogP contribution in [-0.2, 0) is 9.53 Å². The van der Waals surface area contributed by atoms with E-state index in [2.05, 4.69) is 23.6 Å². The Morgan fingerprint density at radius 2 is 1.71 bits per heavy atom. The van der Waals surface area contributed by atoms with Crippen molar-refractivity contribution >= 4 is 30.7 Å². The number of hydrogen-bond acceptors (Lipinski definition) is 4. The SMILES string of the molecule is CCN(CC)CC1CCN(C(=O)C2(CN)CCOCC2)CC1.Cl.Cl. The van der Waals surface area contributed by atoms with E-state index in [0.717, 1.165) is 57.8 Å².